The summed E-state index contributed by atoms with van der Waals surface area (Å²) in [6.45, 7) is 1.95. The number of ether oxygens (including phenoxy) is 1. The molecule has 0 bridgehead atoms. The summed E-state index contributed by atoms with van der Waals surface area (Å²) in [6, 6.07) is 20.8. The molecule has 3 rings (SSSR count). The summed E-state index contributed by atoms with van der Waals surface area (Å²) in [7, 11) is 0. The first kappa shape index (κ1) is 18.8. The maximum atomic E-state index is 6.27. The highest BCUT2D eigenvalue weighted by Crippen LogP contribution is 2.36. The van der Waals surface area contributed by atoms with E-state index in [2.05, 4.69) is 4.99 Å². The first-order chi connectivity index (χ1) is 12.5. The Labute approximate surface area is 168 Å². The van der Waals surface area contributed by atoms with Crippen molar-refractivity contribution in [3.05, 3.63) is 92.9 Å². The number of hydrogen-bond donors (Lipinski definition) is 0. The third-order valence-electron chi connectivity index (χ3n) is 3.82. The lowest BCUT2D eigenvalue weighted by Crippen LogP contribution is -1.93. The van der Waals surface area contributed by atoms with Gasteiger partial charge in [0.2, 0.25) is 0 Å². The quantitative estimate of drug-likeness (QED) is 0.316. The van der Waals surface area contributed by atoms with Crippen LogP contribution >= 0.6 is 34.8 Å². The highest BCUT2D eigenvalue weighted by atomic mass is 35.5. The largest absolute Gasteiger partial charge is 0.457 e. The van der Waals surface area contributed by atoms with E-state index in [1.54, 1.807) is 12.3 Å². The number of benzene rings is 3. The van der Waals surface area contributed by atoms with Gasteiger partial charge >= 0.3 is 0 Å². The highest BCUT2D eigenvalue weighted by Gasteiger charge is 2.13. The van der Waals surface area contributed by atoms with Crippen LogP contribution in [-0.2, 0) is 0 Å². The summed E-state index contributed by atoms with van der Waals surface area (Å²) < 4.78 is 5.78. The normalized spacial score (nSPS) is 12.3. The number of hydrogen-bond acceptors (Lipinski definition) is 2. The zero-order valence-electron chi connectivity index (χ0n) is 14.0. The van der Waals surface area contributed by atoms with E-state index >= 15 is 0 Å². The molecule has 5 heteroatoms. The lowest BCUT2D eigenvalue weighted by molar-refractivity contribution is 0.482. The molecule has 0 radical (unpaired) electrons. The summed E-state index contributed by atoms with van der Waals surface area (Å²) in [6.07, 6.45) is 1.80. The minimum atomic E-state index is -0.141. The van der Waals surface area contributed by atoms with Crippen LogP contribution in [0.2, 0.25) is 15.1 Å². The van der Waals surface area contributed by atoms with Gasteiger partial charge in [0, 0.05) is 6.21 Å². The van der Waals surface area contributed by atoms with Crippen LogP contribution < -0.4 is 4.74 Å². The second-order valence-electron chi connectivity index (χ2n) is 5.70. The maximum absolute atomic E-state index is 6.27. The Balaban J connectivity index is 1.69. The Hall–Kier alpha value is -2.00. The molecule has 0 heterocycles. The van der Waals surface area contributed by atoms with Crippen LogP contribution in [0.5, 0.6) is 11.5 Å². The van der Waals surface area contributed by atoms with Crippen molar-refractivity contribution in [3.63, 3.8) is 0 Å². The average molecular weight is 405 g/mol. The summed E-state index contributed by atoms with van der Waals surface area (Å²) in [5.41, 5.74) is 1.80. The molecule has 0 fully saturated rings. The van der Waals surface area contributed by atoms with Crippen LogP contribution in [0.25, 0.3) is 0 Å². The molecule has 2 nitrogen and oxygen atoms in total. The molecule has 0 amide bonds. The molecule has 0 aliphatic rings. The topological polar surface area (TPSA) is 21.6 Å². The van der Waals surface area contributed by atoms with Gasteiger partial charge in [-0.25, -0.2) is 0 Å². The van der Waals surface area contributed by atoms with Crippen molar-refractivity contribution in [2.45, 2.75) is 13.0 Å². The van der Waals surface area contributed by atoms with E-state index < -0.39 is 0 Å². The minimum Gasteiger partial charge on any atom is -0.457 e. The Morgan fingerprint density at radius 1 is 0.808 bits per heavy atom. The van der Waals surface area contributed by atoms with E-state index in [0.29, 0.717) is 15.1 Å². The van der Waals surface area contributed by atoms with Crippen molar-refractivity contribution in [2.75, 3.05) is 0 Å². The van der Waals surface area contributed by atoms with Crippen molar-refractivity contribution < 1.29 is 4.74 Å². The number of halogens is 3. The van der Waals surface area contributed by atoms with Gasteiger partial charge in [-0.05, 0) is 60.5 Å². The third-order valence-corrected chi connectivity index (χ3v) is 5.13. The second kappa shape index (κ2) is 8.59. The van der Waals surface area contributed by atoms with E-state index in [-0.39, 0.29) is 6.04 Å². The predicted molar refractivity (Wildman–Crippen MR) is 110 cm³/mol. The molecule has 26 heavy (non-hydrogen) atoms. The van der Waals surface area contributed by atoms with Crippen molar-refractivity contribution in [1.29, 1.82) is 0 Å². The maximum Gasteiger partial charge on any atom is 0.127 e. The monoisotopic (exact) mass is 403 g/mol. The van der Waals surface area contributed by atoms with Gasteiger partial charge in [-0.2, -0.15) is 0 Å². The third kappa shape index (κ3) is 4.59. The van der Waals surface area contributed by atoms with Gasteiger partial charge in [0.25, 0.3) is 0 Å². The lowest BCUT2D eigenvalue weighted by Gasteiger charge is -2.11. The number of rotatable bonds is 5. The average Bonchev–Trinajstić information content (AvgIpc) is 2.66. The van der Waals surface area contributed by atoms with Gasteiger partial charge in [0.1, 0.15) is 11.5 Å². The van der Waals surface area contributed by atoms with Crippen LogP contribution in [0.4, 0.5) is 0 Å². The highest BCUT2D eigenvalue weighted by molar-refractivity contribution is 6.48. The molecule has 0 aromatic heterocycles. The summed E-state index contributed by atoms with van der Waals surface area (Å²) >= 11 is 18.3. The molecule has 1 unspecified atom stereocenters. The predicted octanol–water partition coefficient (Wildman–Crippen LogP) is 7.62. The minimum absolute atomic E-state index is 0.141. The first-order valence-corrected chi connectivity index (χ1v) is 9.17. The van der Waals surface area contributed by atoms with E-state index in [1.165, 1.54) is 0 Å². The fraction of sp³-hybridized carbons (Fsp3) is 0.0952. The van der Waals surface area contributed by atoms with Gasteiger partial charge < -0.3 is 4.74 Å². The molecule has 1 atom stereocenters. The molecular weight excluding hydrogens is 389 g/mol. The summed E-state index contributed by atoms with van der Waals surface area (Å²) in [5, 5.41) is 1.23. The summed E-state index contributed by atoms with van der Waals surface area (Å²) in [5.74, 6) is 1.57. The standard InChI is InChI=1S/C21H16Cl3NO/c1-14(18-11-12-19(22)21(24)20(18)23)25-13-15-7-9-17(10-8-15)26-16-5-3-2-4-6-16/h2-14H,1H3. The van der Waals surface area contributed by atoms with Gasteiger partial charge in [-0.1, -0.05) is 59.1 Å². The molecule has 3 aromatic carbocycles. The SMILES string of the molecule is CC(N=Cc1ccc(Oc2ccccc2)cc1)c1ccc(Cl)c(Cl)c1Cl. The molecular formula is C21H16Cl3NO. The van der Waals surface area contributed by atoms with Crippen LogP contribution in [0, 0.1) is 0 Å². The molecule has 132 valence electrons. The number of aliphatic imine (C=N–C) groups is 1. The molecule has 0 aliphatic carbocycles. The van der Waals surface area contributed by atoms with E-state index in [9.17, 15) is 0 Å². The fourth-order valence-electron chi connectivity index (χ4n) is 2.39. The Kier molecular flexibility index (Phi) is 6.20. The lowest BCUT2D eigenvalue weighted by atomic mass is 10.1. The fourth-order valence-corrected chi connectivity index (χ4v) is 3.09. The van der Waals surface area contributed by atoms with Crippen LogP contribution in [0.1, 0.15) is 24.1 Å². The van der Waals surface area contributed by atoms with Crippen LogP contribution in [0.3, 0.4) is 0 Å². The van der Waals surface area contributed by atoms with Gasteiger partial charge in [0.15, 0.2) is 0 Å². The first-order valence-electron chi connectivity index (χ1n) is 8.04. The molecule has 0 N–H and O–H groups in total. The van der Waals surface area contributed by atoms with Gasteiger partial charge in [0.05, 0.1) is 21.1 Å². The second-order valence-corrected chi connectivity index (χ2v) is 6.87. The van der Waals surface area contributed by atoms with Crippen LogP contribution in [0.15, 0.2) is 71.7 Å². The van der Waals surface area contributed by atoms with Crippen molar-refractivity contribution in [2.24, 2.45) is 4.99 Å². The van der Waals surface area contributed by atoms with Crippen molar-refractivity contribution in [1.82, 2.24) is 0 Å². The van der Waals surface area contributed by atoms with E-state index in [1.807, 2.05) is 67.6 Å². The Morgan fingerprint density at radius 3 is 2.15 bits per heavy atom. The van der Waals surface area contributed by atoms with Crippen LogP contribution in [-0.4, -0.2) is 6.21 Å². The Bertz CT molecular complexity index is 909. The number of para-hydroxylation sites is 1. The molecule has 0 saturated carbocycles. The zero-order valence-corrected chi connectivity index (χ0v) is 16.3. The van der Waals surface area contributed by atoms with Gasteiger partial charge in [-0.3, -0.25) is 4.99 Å². The smallest absolute Gasteiger partial charge is 0.127 e. The Morgan fingerprint density at radius 2 is 1.46 bits per heavy atom. The molecule has 3 aromatic rings. The molecule has 0 spiro atoms. The van der Waals surface area contributed by atoms with Crippen molar-refractivity contribution >= 4 is 41.0 Å². The number of nitrogens with zero attached hydrogens (tertiary/aromatic N) is 1. The van der Waals surface area contributed by atoms with Crippen molar-refractivity contribution in [3.8, 4) is 11.5 Å². The summed E-state index contributed by atoms with van der Waals surface area (Å²) in [4.78, 5) is 4.56. The van der Waals surface area contributed by atoms with Gasteiger partial charge in [-0.15, -0.1) is 0 Å². The van der Waals surface area contributed by atoms with E-state index in [0.717, 1.165) is 22.6 Å². The molecule has 0 aliphatic heterocycles. The zero-order chi connectivity index (χ0) is 18.5. The van der Waals surface area contributed by atoms with E-state index in [4.69, 9.17) is 39.5 Å². The molecule has 0 saturated heterocycles.